The number of thiol groups is 1. The minimum atomic E-state index is 0.755. The highest BCUT2D eigenvalue weighted by molar-refractivity contribution is 7.98. The summed E-state index contributed by atoms with van der Waals surface area (Å²) >= 11 is 6.13. The average Bonchev–Trinajstić information content (AvgIpc) is 2.59. The van der Waals surface area contributed by atoms with Crippen LogP contribution in [0.25, 0.3) is 6.08 Å². The number of hydrogen-bond donors (Lipinski definition) is 2. The Kier molecular flexibility index (Phi) is 6.19. The minimum absolute atomic E-state index is 0.755. The number of aliphatic imine (C=N–C) groups is 1. The number of anilines is 2. The zero-order chi connectivity index (χ0) is 16.8. The standard InChI is InChI=1S/C18H21N3S2/c1-5-13-9-10-15(22)12-17(13)20-18(19-2)21(3)14-7-6-8-16(11-14)23-4/h5-12,22H,1H2,2-4H3,(H,19,20). The van der Waals surface area contributed by atoms with Crippen molar-refractivity contribution in [3.05, 3.63) is 54.6 Å². The lowest BCUT2D eigenvalue weighted by atomic mass is 10.2. The molecule has 0 aliphatic carbocycles. The Labute approximate surface area is 147 Å². The van der Waals surface area contributed by atoms with Crippen molar-refractivity contribution >= 4 is 47.8 Å². The molecule has 5 heteroatoms. The van der Waals surface area contributed by atoms with Gasteiger partial charge in [0.2, 0.25) is 5.96 Å². The molecule has 0 saturated heterocycles. The number of nitrogens with one attached hydrogen (secondary N) is 1. The van der Waals surface area contributed by atoms with Crippen molar-refractivity contribution in [3.8, 4) is 0 Å². The third-order valence-corrected chi connectivity index (χ3v) is 4.48. The van der Waals surface area contributed by atoms with Crippen molar-refractivity contribution in [1.82, 2.24) is 0 Å². The normalized spacial score (nSPS) is 11.2. The molecule has 1 N–H and O–H groups in total. The molecule has 2 rings (SSSR count). The minimum Gasteiger partial charge on any atom is -0.325 e. The van der Waals surface area contributed by atoms with E-state index in [2.05, 4.69) is 60.0 Å². The SMILES string of the molecule is C=Cc1ccc(S)cc1NC(=NC)N(C)c1cccc(SC)c1. The van der Waals surface area contributed by atoms with Gasteiger partial charge in [0.1, 0.15) is 0 Å². The molecule has 0 aliphatic rings. The van der Waals surface area contributed by atoms with Crippen molar-refractivity contribution in [3.63, 3.8) is 0 Å². The maximum atomic E-state index is 4.41. The van der Waals surface area contributed by atoms with Crippen LogP contribution < -0.4 is 10.2 Å². The Morgan fingerprint density at radius 2 is 2.09 bits per heavy atom. The number of thioether (sulfide) groups is 1. The van der Waals surface area contributed by atoms with Crippen LogP contribution in [0, 0.1) is 0 Å². The Morgan fingerprint density at radius 3 is 2.74 bits per heavy atom. The topological polar surface area (TPSA) is 27.6 Å². The van der Waals surface area contributed by atoms with Crippen molar-refractivity contribution in [2.45, 2.75) is 9.79 Å². The third kappa shape index (κ3) is 4.33. The third-order valence-electron chi connectivity index (χ3n) is 3.47. The summed E-state index contributed by atoms with van der Waals surface area (Å²) in [5, 5.41) is 3.37. The van der Waals surface area contributed by atoms with Crippen LogP contribution in [0.1, 0.15) is 5.56 Å². The summed E-state index contributed by atoms with van der Waals surface area (Å²) in [4.78, 5) is 8.52. The van der Waals surface area contributed by atoms with Crippen molar-refractivity contribution < 1.29 is 0 Å². The fourth-order valence-electron chi connectivity index (χ4n) is 2.18. The van der Waals surface area contributed by atoms with Crippen LogP contribution in [0.4, 0.5) is 11.4 Å². The highest BCUT2D eigenvalue weighted by atomic mass is 32.2. The van der Waals surface area contributed by atoms with Crippen LogP contribution in [-0.2, 0) is 0 Å². The van der Waals surface area contributed by atoms with E-state index in [0.717, 1.165) is 27.8 Å². The summed E-state index contributed by atoms with van der Waals surface area (Å²) in [6, 6.07) is 14.3. The largest absolute Gasteiger partial charge is 0.325 e. The summed E-state index contributed by atoms with van der Waals surface area (Å²) in [6.07, 6.45) is 3.89. The van der Waals surface area contributed by atoms with E-state index >= 15 is 0 Å². The maximum absolute atomic E-state index is 4.41. The summed E-state index contributed by atoms with van der Waals surface area (Å²) in [6.45, 7) is 3.86. The molecule has 0 aliphatic heterocycles. The van der Waals surface area contributed by atoms with Gasteiger partial charge in [-0.05, 0) is 42.2 Å². The summed E-state index contributed by atoms with van der Waals surface area (Å²) in [7, 11) is 3.77. The van der Waals surface area contributed by atoms with Crippen molar-refractivity contribution in [1.29, 1.82) is 0 Å². The van der Waals surface area contributed by atoms with E-state index in [1.165, 1.54) is 4.90 Å². The molecule has 23 heavy (non-hydrogen) atoms. The van der Waals surface area contributed by atoms with E-state index in [4.69, 9.17) is 0 Å². The molecule has 0 unspecified atom stereocenters. The predicted octanol–water partition coefficient (Wildman–Crippen LogP) is 4.87. The predicted molar refractivity (Wildman–Crippen MR) is 107 cm³/mol. The van der Waals surface area contributed by atoms with E-state index in [1.54, 1.807) is 18.8 Å². The van der Waals surface area contributed by atoms with Gasteiger partial charge < -0.3 is 10.2 Å². The molecule has 0 radical (unpaired) electrons. The number of benzene rings is 2. The van der Waals surface area contributed by atoms with Crippen LogP contribution in [-0.4, -0.2) is 26.3 Å². The van der Waals surface area contributed by atoms with Crippen LogP contribution in [0.15, 0.2) is 63.8 Å². The first-order valence-corrected chi connectivity index (χ1v) is 8.83. The van der Waals surface area contributed by atoms with Gasteiger partial charge in [0, 0.05) is 35.3 Å². The Morgan fingerprint density at radius 1 is 1.30 bits per heavy atom. The van der Waals surface area contributed by atoms with Gasteiger partial charge in [-0.25, -0.2) is 0 Å². The van der Waals surface area contributed by atoms with E-state index in [0.29, 0.717) is 0 Å². The monoisotopic (exact) mass is 343 g/mol. The van der Waals surface area contributed by atoms with Crippen LogP contribution in [0.2, 0.25) is 0 Å². The van der Waals surface area contributed by atoms with E-state index in [1.807, 2.05) is 36.2 Å². The lowest BCUT2D eigenvalue weighted by Crippen LogP contribution is -2.33. The van der Waals surface area contributed by atoms with Gasteiger partial charge in [-0.3, -0.25) is 4.99 Å². The lowest BCUT2D eigenvalue weighted by molar-refractivity contribution is 1.20. The molecular weight excluding hydrogens is 322 g/mol. The highest BCUT2D eigenvalue weighted by Gasteiger charge is 2.11. The quantitative estimate of drug-likeness (QED) is 0.359. The lowest BCUT2D eigenvalue weighted by Gasteiger charge is -2.23. The first-order chi connectivity index (χ1) is 11.1. The van der Waals surface area contributed by atoms with Gasteiger partial charge in [0.25, 0.3) is 0 Å². The number of nitrogens with zero attached hydrogens (tertiary/aromatic N) is 2. The van der Waals surface area contributed by atoms with Gasteiger partial charge in [-0.1, -0.05) is 24.8 Å². The van der Waals surface area contributed by atoms with Crippen LogP contribution >= 0.6 is 24.4 Å². The second-order valence-electron chi connectivity index (χ2n) is 4.91. The molecule has 3 nitrogen and oxygen atoms in total. The first-order valence-electron chi connectivity index (χ1n) is 7.16. The second kappa shape index (κ2) is 8.13. The van der Waals surface area contributed by atoms with E-state index in [-0.39, 0.29) is 0 Å². The van der Waals surface area contributed by atoms with Gasteiger partial charge in [-0.15, -0.1) is 24.4 Å². The smallest absolute Gasteiger partial charge is 0.202 e. The number of guanidine groups is 1. The van der Waals surface area contributed by atoms with Crippen LogP contribution in [0.5, 0.6) is 0 Å². The number of rotatable bonds is 4. The van der Waals surface area contributed by atoms with Crippen LogP contribution in [0.3, 0.4) is 0 Å². The molecule has 2 aromatic carbocycles. The highest BCUT2D eigenvalue weighted by Crippen LogP contribution is 2.24. The summed E-state index contributed by atoms with van der Waals surface area (Å²) < 4.78 is 0. The molecular formula is C18H21N3S2. The van der Waals surface area contributed by atoms with Crippen molar-refractivity contribution in [2.75, 3.05) is 30.6 Å². The molecule has 0 spiro atoms. The zero-order valence-electron chi connectivity index (χ0n) is 13.6. The Bertz CT molecular complexity index is 726. The molecule has 0 aromatic heterocycles. The van der Waals surface area contributed by atoms with Gasteiger partial charge in [0.05, 0.1) is 0 Å². The summed E-state index contributed by atoms with van der Waals surface area (Å²) in [5.41, 5.74) is 3.02. The zero-order valence-corrected chi connectivity index (χ0v) is 15.3. The Balaban J connectivity index is 2.29. The van der Waals surface area contributed by atoms with E-state index < -0.39 is 0 Å². The molecule has 0 amide bonds. The first kappa shape index (κ1) is 17.5. The molecule has 120 valence electrons. The molecule has 0 fully saturated rings. The van der Waals surface area contributed by atoms with E-state index in [9.17, 15) is 0 Å². The van der Waals surface area contributed by atoms with Gasteiger partial charge in [-0.2, -0.15) is 0 Å². The van der Waals surface area contributed by atoms with Crippen molar-refractivity contribution in [2.24, 2.45) is 4.99 Å². The number of hydrogen-bond acceptors (Lipinski definition) is 3. The Hall–Kier alpha value is -1.85. The second-order valence-corrected chi connectivity index (χ2v) is 6.30. The van der Waals surface area contributed by atoms with Gasteiger partial charge in [0.15, 0.2) is 0 Å². The molecule has 0 bridgehead atoms. The molecule has 0 atom stereocenters. The maximum Gasteiger partial charge on any atom is 0.202 e. The average molecular weight is 344 g/mol. The fourth-order valence-corrected chi connectivity index (χ4v) is 2.84. The molecule has 2 aromatic rings. The fraction of sp³-hybridized carbons (Fsp3) is 0.167. The molecule has 0 heterocycles. The van der Waals surface area contributed by atoms with Gasteiger partial charge >= 0.3 is 0 Å². The molecule has 0 saturated carbocycles. The summed E-state index contributed by atoms with van der Waals surface area (Å²) in [5.74, 6) is 0.755.